The molecule has 0 amide bonds. The first-order chi connectivity index (χ1) is 6.77. The van der Waals surface area contributed by atoms with Crippen LogP contribution >= 0.6 is 27.5 Å². The Morgan fingerprint density at radius 2 is 1.93 bits per heavy atom. The van der Waals surface area contributed by atoms with E-state index in [1.54, 1.807) is 12.3 Å². The molecule has 0 aliphatic carbocycles. The van der Waals surface area contributed by atoms with Gasteiger partial charge in [0.05, 0.1) is 0 Å². The predicted molar refractivity (Wildman–Crippen MR) is 60.2 cm³/mol. The summed E-state index contributed by atoms with van der Waals surface area (Å²) >= 11 is 9.22. The quantitative estimate of drug-likeness (QED) is 0.740. The van der Waals surface area contributed by atoms with E-state index in [2.05, 4.69) is 25.9 Å². The topological polar surface area (TPSA) is 25.8 Å². The van der Waals surface area contributed by atoms with Crippen molar-refractivity contribution in [3.8, 4) is 11.4 Å². The van der Waals surface area contributed by atoms with Gasteiger partial charge in [-0.2, -0.15) is 0 Å². The molecule has 70 valence electrons. The van der Waals surface area contributed by atoms with E-state index in [1.165, 1.54) is 0 Å². The molecular formula is C10H6BrClN2. The van der Waals surface area contributed by atoms with E-state index in [1.807, 2.05) is 24.3 Å². The summed E-state index contributed by atoms with van der Waals surface area (Å²) in [6, 6.07) is 9.42. The van der Waals surface area contributed by atoms with Gasteiger partial charge < -0.3 is 0 Å². The fraction of sp³-hybridized carbons (Fsp3) is 0. The summed E-state index contributed by atoms with van der Waals surface area (Å²) in [5, 5.41) is 0.450. The van der Waals surface area contributed by atoms with Gasteiger partial charge in [0.2, 0.25) is 0 Å². The summed E-state index contributed by atoms with van der Waals surface area (Å²) in [7, 11) is 0. The van der Waals surface area contributed by atoms with E-state index < -0.39 is 0 Å². The zero-order valence-corrected chi connectivity index (χ0v) is 9.46. The van der Waals surface area contributed by atoms with Gasteiger partial charge in [-0.25, -0.2) is 9.97 Å². The molecular weight excluding hydrogens is 263 g/mol. The Morgan fingerprint density at radius 3 is 2.64 bits per heavy atom. The molecule has 0 radical (unpaired) electrons. The second kappa shape index (κ2) is 4.07. The lowest BCUT2D eigenvalue weighted by Crippen LogP contribution is -1.88. The Hall–Kier alpha value is -0.930. The minimum absolute atomic E-state index is 0.450. The summed E-state index contributed by atoms with van der Waals surface area (Å²) in [6.45, 7) is 0. The molecule has 2 rings (SSSR count). The minimum Gasteiger partial charge on any atom is -0.236 e. The standard InChI is InChI=1S/C10H6BrClN2/c11-8-4-2-1-3-7(8)10-13-6-5-9(12)14-10/h1-6H. The normalized spacial score (nSPS) is 10.1. The maximum absolute atomic E-state index is 5.78. The van der Waals surface area contributed by atoms with Gasteiger partial charge in [-0.1, -0.05) is 45.7 Å². The summed E-state index contributed by atoms with van der Waals surface area (Å²) < 4.78 is 0.960. The molecule has 0 atom stereocenters. The highest BCUT2D eigenvalue weighted by Crippen LogP contribution is 2.25. The number of hydrogen-bond donors (Lipinski definition) is 0. The average Bonchev–Trinajstić information content (AvgIpc) is 2.18. The molecule has 0 fully saturated rings. The fourth-order valence-corrected chi connectivity index (χ4v) is 1.71. The lowest BCUT2D eigenvalue weighted by molar-refractivity contribution is 1.17. The maximum Gasteiger partial charge on any atom is 0.161 e. The van der Waals surface area contributed by atoms with Crippen LogP contribution in [0.15, 0.2) is 41.0 Å². The molecule has 4 heteroatoms. The van der Waals surface area contributed by atoms with Crippen LogP contribution in [-0.2, 0) is 0 Å². The molecule has 0 bridgehead atoms. The predicted octanol–water partition coefficient (Wildman–Crippen LogP) is 3.56. The first kappa shape index (κ1) is 9.62. The van der Waals surface area contributed by atoms with Crippen LogP contribution in [0.3, 0.4) is 0 Å². The third-order valence-corrected chi connectivity index (χ3v) is 2.64. The first-order valence-electron chi connectivity index (χ1n) is 4.01. The van der Waals surface area contributed by atoms with E-state index in [9.17, 15) is 0 Å². The van der Waals surface area contributed by atoms with Gasteiger partial charge in [-0.3, -0.25) is 0 Å². The van der Waals surface area contributed by atoms with Crippen molar-refractivity contribution in [2.45, 2.75) is 0 Å². The van der Waals surface area contributed by atoms with Crippen molar-refractivity contribution in [2.24, 2.45) is 0 Å². The molecule has 1 heterocycles. The minimum atomic E-state index is 0.450. The van der Waals surface area contributed by atoms with Gasteiger partial charge in [0, 0.05) is 16.2 Å². The van der Waals surface area contributed by atoms with Crippen molar-refractivity contribution in [3.63, 3.8) is 0 Å². The van der Waals surface area contributed by atoms with Gasteiger partial charge >= 0.3 is 0 Å². The summed E-state index contributed by atoms with van der Waals surface area (Å²) in [6.07, 6.45) is 1.64. The van der Waals surface area contributed by atoms with Crippen molar-refractivity contribution < 1.29 is 0 Å². The highest BCUT2D eigenvalue weighted by molar-refractivity contribution is 9.10. The summed E-state index contributed by atoms with van der Waals surface area (Å²) in [4.78, 5) is 8.27. The molecule has 2 nitrogen and oxygen atoms in total. The van der Waals surface area contributed by atoms with Crippen LogP contribution in [0.4, 0.5) is 0 Å². The van der Waals surface area contributed by atoms with Crippen molar-refractivity contribution in [2.75, 3.05) is 0 Å². The zero-order valence-electron chi connectivity index (χ0n) is 7.11. The van der Waals surface area contributed by atoms with Gasteiger partial charge in [-0.15, -0.1) is 0 Å². The van der Waals surface area contributed by atoms with Crippen molar-refractivity contribution in [1.29, 1.82) is 0 Å². The van der Waals surface area contributed by atoms with Crippen LogP contribution in [0, 0.1) is 0 Å². The highest BCUT2D eigenvalue weighted by Gasteiger charge is 2.04. The van der Waals surface area contributed by atoms with Crippen LogP contribution in [0.1, 0.15) is 0 Å². The second-order valence-electron chi connectivity index (χ2n) is 2.68. The Kier molecular flexibility index (Phi) is 2.79. The molecule has 1 aromatic heterocycles. The van der Waals surface area contributed by atoms with Crippen LogP contribution in [0.5, 0.6) is 0 Å². The van der Waals surface area contributed by atoms with Crippen LogP contribution in [0.25, 0.3) is 11.4 Å². The van der Waals surface area contributed by atoms with Crippen molar-refractivity contribution in [3.05, 3.63) is 46.2 Å². The molecule has 0 saturated heterocycles. The third-order valence-electron chi connectivity index (χ3n) is 1.74. The SMILES string of the molecule is Clc1ccnc(-c2ccccc2Br)n1. The van der Waals surface area contributed by atoms with Crippen LogP contribution in [-0.4, -0.2) is 9.97 Å². The van der Waals surface area contributed by atoms with Crippen LogP contribution in [0.2, 0.25) is 5.15 Å². The van der Waals surface area contributed by atoms with E-state index >= 15 is 0 Å². The molecule has 0 saturated carbocycles. The number of nitrogens with zero attached hydrogens (tertiary/aromatic N) is 2. The average molecular weight is 270 g/mol. The Balaban J connectivity index is 2.55. The monoisotopic (exact) mass is 268 g/mol. The number of hydrogen-bond acceptors (Lipinski definition) is 2. The van der Waals surface area contributed by atoms with Crippen LogP contribution < -0.4 is 0 Å². The molecule has 0 spiro atoms. The third kappa shape index (κ3) is 1.94. The lowest BCUT2D eigenvalue weighted by Gasteiger charge is -2.01. The fourth-order valence-electron chi connectivity index (χ4n) is 1.11. The Morgan fingerprint density at radius 1 is 1.14 bits per heavy atom. The maximum atomic E-state index is 5.78. The molecule has 14 heavy (non-hydrogen) atoms. The van der Waals surface area contributed by atoms with E-state index in [4.69, 9.17) is 11.6 Å². The van der Waals surface area contributed by atoms with E-state index in [0.717, 1.165) is 10.0 Å². The van der Waals surface area contributed by atoms with Gasteiger partial charge in [-0.05, 0) is 12.1 Å². The largest absolute Gasteiger partial charge is 0.236 e. The lowest BCUT2D eigenvalue weighted by atomic mass is 10.2. The second-order valence-corrected chi connectivity index (χ2v) is 3.92. The molecule has 0 aliphatic heterocycles. The number of rotatable bonds is 1. The number of benzene rings is 1. The summed E-state index contributed by atoms with van der Waals surface area (Å²) in [5.41, 5.74) is 0.940. The molecule has 0 N–H and O–H groups in total. The highest BCUT2D eigenvalue weighted by atomic mass is 79.9. The van der Waals surface area contributed by atoms with E-state index in [-0.39, 0.29) is 0 Å². The summed E-state index contributed by atoms with van der Waals surface area (Å²) in [5.74, 6) is 0.630. The van der Waals surface area contributed by atoms with Crippen molar-refractivity contribution in [1.82, 2.24) is 9.97 Å². The molecule has 0 unspecified atom stereocenters. The molecule has 1 aromatic carbocycles. The Labute approximate surface area is 95.1 Å². The number of aromatic nitrogens is 2. The zero-order chi connectivity index (χ0) is 9.97. The molecule has 2 aromatic rings. The van der Waals surface area contributed by atoms with Gasteiger partial charge in [0.1, 0.15) is 5.15 Å². The first-order valence-corrected chi connectivity index (χ1v) is 5.18. The van der Waals surface area contributed by atoms with Gasteiger partial charge in [0.25, 0.3) is 0 Å². The van der Waals surface area contributed by atoms with E-state index in [0.29, 0.717) is 11.0 Å². The smallest absolute Gasteiger partial charge is 0.161 e. The van der Waals surface area contributed by atoms with Gasteiger partial charge in [0.15, 0.2) is 5.82 Å². The van der Waals surface area contributed by atoms with Crippen molar-refractivity contribution >= 4 is 27.5 Å². The number of halogens is 2. The Bertz CT molecular complexity index is 459. The molecule has 0 aliphatic rings.